The Labute approximate surface area is 291 Å². The summed E-state index contributed by atoms with van der Waals surface area (Å²) in [5.41, 5.74) is 0.596. The predicted octanol–water partition coefficient (Wildman–Crippen LogP) is 8.55. The summed E-state index contributed by atoms with van der Waals surface area (Å²) in [5, 5.41) is 9.32. The molecule has 0 aliphatic heterocycles. The molecule has 5 aliphatic rings. The molecule has 1 N–H and O–H groups in total. The normalized spacial score (nSPS) is 41.6. The molecule has 48 heavy (non-hydrogen) atoms. The van der Waals surface area contributed by atoms with Crippen molar-refractivity contribution in [2.75, 3.05) is 27.3 Å². The summed E-state index contributed by atoms with van der Waals surface area (Å²) in [5.74, 6) is 1.42. The zero-order valence-corrected chi connectivity index (χ0v) is 32.0. The number of hydrogen-bond acceptors (Lipinski definition) is 5. The van der Waals surface area contributed by atoms with E-state index in [2.05, 4.69) is 48.1 Å². The van der Waals surface area contributed by atoms with Gasteiger partial charge in [-0.05, 0) is 122 Å². The van der Waals surface area contributed by atoms with Gasteiger partial charge in [-0.1, -0.05) is 60.6 Å². The molecule has 272 valence electrons. The molecule has 0 aromatic rings. The van der Waals surface area contributed by atoms with Crippen molar-refractivity contribution in [1.82, 2.24) is 4.90 Å². The number of fused-ring (bicyclic) bond motifs is 7. The molecule has 5 fully saturated rings. The van der Waals surface area contributed by atoms with E-state index in [0.717, 1.165) is 44.9 Å². The number of methoxy groups -OCH3 is 1. The number of carbonyl (C=O) groups is 3. The first kappa shape index (κ1) is 37.4. The molecule has 0 heterocycles. The number of hydrogen-bond donors (Lipinski definition) is 1. The molecule has 10 atom stereocenters. The van der Waals surface area contributed by atoms with E-state index in [1.54, 1.807) is 7.11 Å². The van der Waals surface area contributed by atoms with Gasteiger partial charge in [0.05, 0.1) is 24.9 Å². The van der Waals surface area contributed by atoms with Crippen LogP contribution in [-0.4, -0.2) is 61.3 Å². The molecule has 5 rings (SSSR count). The topological polar surface area (TPSA) is 93.1 Å². The molecule has 6 unspecified atom stereocenters. The van der Waals surface area contributed by atoms with E-state index in [-0.39, 0.29) is 52.0 Å². The van der Waals surface area contributed by atoms with Crippen molar-refractivity contribution in [3.63, 3.8) is 0 Å². The Balaban J connectivity index is 1.41. The second-order valence-corrected chi connectivity index (χ2v) is 19.3. The number of esters is 1. The van der Waals surface area contributed by atoms with Crippen LogP contribution in [0.25, 0.3) is 0 Å². The van der Waals surface area contributed by atoms with Crippen molar-refractivity contribution in [1.29, 1.82) is 0 Å². The zero-order chi connectivity index (χ0) is 35.7. The quantitative estimate of drug-likeness (QED) is 0.185. The second-order valence-electron chi connectivity index (χ2n) is 19.3. The van der Waals surface area contributed by atoms with Gasteiger partial charge >= 0.3 is 11.9 Å². The van der Waals surface area contributed by atoms with Gasteiger partial charge in [0.15, 0.2) is 0 Å². The first-order valence-corrected chi connectivity index (χ1v) is 19.0. The first-order valence-electron chi connectivity index (χ1n) is 19.0. The van der Waals surface area contributed by atoms with Gasteiger partial charge in [-0.25, -0.2) is 0 Å². The highest BCUT2D eigenvalue weighted by molar-refractivity contribution is 5.84. The third kappa shape index (κ3) is 5.78. The van der Waals surface area contributed by atoms with Crippen LogP contribution in [-0.2, 0) is 23.9 Å². The SMILES string of the molecule is C=C(C)[C@@H]1CC[C@]2(C(=O)N(C)CCOC)CC[C@]3(C)C(CCC4C3(C)CCC3C(C)(C)C(OC(=O)CC(C)(C)CC(=O)O)CC[C@@]34C)C12. The van der Waals surface area contributed by atoms with Crippen molar-refractivity contribution < 1.29 is 29.0 Å². The minimum absolute atomic E-state index is 0.0509. The van der Waals surface area contributed by atoms with Gasteiger partial charge in [0.1, 0.15) is 6.10 Å². The van der Waals surface area contributed by atoms with Crippen LogP contribution in [0.3, 0.4) is 0 Å². The van der Waals surface area contributed by atoms with E-state index >= 15 is 0 Å². The Hall–Kier alpha value is -1.89. The minimum atomic E-state index is -0.886. The number of aliphatic carboxylic acids is 1. The number of carboxylic acid groups (broad SMARTS) is 1. The van der Waals surface area contributed by atoms with Gasteiger partial charge < -0.3 is 19.5 Å². The summed E-state index contributed by atoms with van der Waals surface area (Å²) in [7, 11) is 3.68. The number of nitrogens with zero attached hydrogens (tertiary/aromatic N) is 1. The van der Waals surface area contributed by atoms with Crippen LogP contribution in [0.1, 0.15) is 132 Å². The minimum Gasteiger partial charge on any atom is -0.481 e. The highest BCUT2D eigenvalue weighted by Crippen LogP contribution is 2.77. The smallest absolute Gasteiger partial charge is 0.306 e. The van der Waals surface area contributed by atoms with Gasteiger partial charge in [-0.2, -0.15) is 0 Å². The standard InChI is InChI=1S/C41H67NO6/c1-26(2)27-14-19-41(35(46)42(10)22-23-47-11)21-20-39(8)28(34(27)41)12-13-30-38(7)17-16-31(37(5,6)29(38)15-18-40(30,39)9)48-33(45)25-36(3,4)24-32(43)44/h27-31,34H,1,12-25H2,2-11H3,(H,43,44)/t27-,28?,29?,30?,31?,34?,38-,39+,40?,41-/m0/s1. The lowest BCUT2D eigenvalue weighted by Crippen LogP contribution is -2.67. The predicted molar refractivity (Wildman–Crippen MR) is 189 cm³/mol. The lowest BCUT2D eigenvalue weighted by molar-refractivity contribution is -0.250. The fourth-order valence-electron chi connectivity index (χ4n) is 13.5. The Morgan fingerprint density at radius 2 is 1.56 bits per heavy atom. The lowest BCUT2D eigenvalue weighted by Gasteiger charge is -2.73. The van der Waals surface area contributed by atoms with Gasteiger partial charge in [0, 0.05) is 26.1 Å². The number of amides is 1. The van der Waals surface area contributed by atoms with Crippen molar-refractivity contribution in [3.05, 3.63) is 12.2 Å². The molecule has 0 radical (unpaired) electrons. The summed E-state index contributed by atoms with van der Waals surface area (Å²) in [6.07, 6.45) is 10.6. The van der Waals surface area contributed by atoms with E-state index in [4.69, 9.17) is 9.47 Å². The second kappa shape index (κ2) is 12.7. The van der Waals surface area contributed by atoms with Crippen molar-refractivity contribution in [2.45, 2.75) is 139 Å². The monoisotopic (exact) mass is 669 g/mol. The Kier molecular flexibility index (Phi) is 9.89. The van der Waals surface area contributed by atoms with Crippen molar-refractivity contribution in [3.8, 4) is 0 Å². The average molecular weight is 670 g/mol. The molecule has 0 spiro atoms. The van der Waals surface area contributed by atoms with E-state index in [0.29, 0.717) is 48.6 Å². The maximum absolute atomic E-state index is 14.4. The maximum Gasteiger partial charge on any atom is 0.306 e. The third-order valence-corrected chi connectivity index (χ3v) is 15.9. The third-order valence-electron chi connectivity index (χ3n) is 15.9. The molecular formula is C41H67NO6. The summed E-state index contributed by atoms with van der Waals surface area (Å²) in [6, 6.07) is 0. The van der Waals surface area contributed by atoms with E-state index < -0.39 is 11.4 Å². The summed E-state index contributed by atoms with van der Waals surface area (Å²) >= 11 is 0. The van der Waals surface area contributed by atoms with Crippen LogP contribution in [0.15, 0.2) is 12.2 Å². The zero-order valence-electron chi connectivity index (χ0n) is 32.0. The van der Waals surface area contributed by atoms with Crippen LogP contribution in [0, 0.1) is 62.1 Å². The maximum atomic E-state index is 14.4. The van der Waals surface area contributed by atoms with Gasteiger partial charge in [0.2, 0.25) is 5.91 Å². The molecule has 0 bridgehead atoms. The summed E-state index contributed by atoms with van der Waals surface area (Å²) in [4.78, 5) is 41.0. The fraction of sp³-hybridized carbons (Fsp3) is 0.878. The number of allylic oxidation sites excluding steroid dienone is 1. The summed E-state index contributed by atoms with van der Waals surface area (Å²) < 4.78 is 11.6. The van der Waals surface area contributed by atoms with Crippen LogP contribution < -0.4 is 0 Å². The molecule has 1 amide bonds. The Morgan fingerprint density at radius 3 is 2.19 bits per heavy atom. The molecular weight excluding hydrogens is 602 g/mol. The van der Waals surface area contributed by atoms with Gasteiger partial charge in [-0.3, -0.25) is 14.4 Å². The van der Waals surface area contributed by atoms with Gasteiger partial charge in [-0.15, -0.1) is 0 Å². The fourth-order valence-corrected chi connectivity index (χ4v) is 13.5. The highest BCUT2D eigenvalue weighted by Gasteiger charge is 2.72. The molecule has 5 aliphatic carbocycles. The molecule has 5 saturated carbocycles. The van der Waals surface area contributed by atoms with Crippen LogP contribution in [0.4, 0.5) is 0 Å². The van der Waals surface area contributed by atoms with Gasteiger partial charge in [0.25, 0.3) is 0 Å². The van der Waals surface area contributed by atoms with Crippen molar-refractivity contribution in [2.24, 2.45) is 62.1 Å². The van der Waals surface area contributed by atoms with Crippen LogP contribution in [0.2, 0.25) is 0 Å². The number of ether oxygens (including phenoxy) is 2. The van der Waals surface area contributed by atoms with Crippen LogP contribution >= 0.6 is 0 Å². The lowest BCUT2D eigenvalue weighted by atomic mass is 9.32. The number of likely N-dealkylation sites (N-methyl/N-ethyl adjacent to an activating group) is 1. The average Bonchev–Trinajstić information content (AvgIpc) is 3.37. The van der Waals surface area contributed by atoms with E-state index in [1.807, 2.05) is 25.8 Å². The Morgan fingerprint density at radius 1 is 0.875 bits per heavy atom. The Bertz CT molecular complexity index is 1290. The van der Waals surface area contributed by atoms with Crippen LogP contribution in [0.5, 0.6) is 0 Å². The molecule has 0 saturated heterocycles. The first-order chi connectivity index (χ1) is 22.2. The summed E-state index contributed by atoms with van der Waals surface area (Å²) in [6.45, 7) is 24.0. The molecule has 7 nitrogen and oxygen atoms in total. The largest absolute Gasteiger partial charge is 0.481 e. The highest BCUT2D eigenvalue weighted by atomic mass is 16.5. The van der Waals surface area contributed by atoms with Crippen molar-refractivity contribution >= 4 is 17.8 Å². The molecule has 7 heteroatoms. The molecule has 0 aromatic heterocycles. The number of carbonyl (C=O) groups excluding carboxylic acids is 2. The number of rotatable bonds is 10. The number of carboxylic acids is 1. The van der Waals surface area contributed by atoms with E-state index in [1.165, 1.54) is 24.8 Å². The molecule has 0 aromatic carbocycles. The van der Waals surface area contributed by atoms with E-state index in [9.17, 15) is 19.5 Å².